The lowest BCUT2D eigenvalue weighted by Gasteiger charge is -2.30. The third kappa shape index (κ3) is 5.41. The zero-order valence-corrected chi connectivity index (χ0v) is 18.3. The summed E-state index contributed by atoms with van der Waals surface area (Å²) in [4.78, 5) is 26.1. The Morgan fingerprint density at radius 3 is 2.26 bits per heavy atom. The second kappa shape index (κ2) is 9.47. The minimum atomic E-state index is -3.72. The molecule has 0 aromatic heterocycles. The Hall–Kier alpha value is -2.94. The standard InChI is InChI=1S/C22H25FN2O5S/c1-30-22(27)18-11-13-24(14-12-18)21(26)17-9-7-16(8-10-17)15-25(31(2,28)29)20-6-4-3-5-19(20)23/h3-10,18H,11-15H2,1-2H3. The van der Waals surface area contributed by atoms with E-state index in [1.807, 2.05) is 0 Å². The Morgan fingerprint density at radius 2 is 1.71 bits per heavy atom. The van der Waals surface area contributed by atoms with E-state index in [1.165, 1.54) is 25.3 Å². The lowest BCUT2D eigenvalue weighted by atomic mass is 9.96. The van der Waals surface area contributed by atoms with E-state index >= 15 is 0 Å². The van der Waals surface area contributed by atoms with Crippen LogP contribution in [0.2, 0.25) is 0 Å². The van der Waals surface area contributed by atoms with Crippen molar-refractivity contribution in [2.75, 3.05) is 30.8 Å². The number of para-hydroxylation sites is 1. The van der Waals surface area contributed by atoms with Gasteiger partial charge in [0.25, 0.3) is 5.91 Å². The van der Waals surface area contributed by atoms with Gasteiger partial charge in [-0.25, -0.2) is 12.8 Å². The largest absolute Gasteiger partial charge is 0.469 e. The number of rotatable bonds is 6. The van der Waals surface area contributed by atoms with Gasteiger partial charge in [-0.05, 0) is 42.7 Å². The number of hydrogen-bond acceptors (Lipinski definition) is 5. The average Bonchev–Trinajstić information content (AvgIpc) is 2.77. The summed E-state index contributed by atoms with van der Waals surface area (Å²) in [7, 11) is -2.36. The Bertz CT molecular complexity index is 1050. The minimum absolute atomic E-state index is 0.0290. The summed E-state index contributed by atoms with van der Waals surface area (Å²) in [6.45, 7) is 0.879. The number of benzene rings is 2. The fraction of sp³-hybridized carbons (Fsp3) is 0.364. The molecule has 0 spiro atoms. The van der Waals surface area contributed by atoms with Gasteiger partial charge in [-0.1, -0.05) is 24.3 Å². The summed E-state index contributed by atoms with van der Waals surface area (Å²) >= 11 is 0. The third-order valence-electron chi connectivity index (χ3n) is 5.37. The minimum Gasteiger partial charge on any atom is -0.469 e. The molecule has 0 unspecified atom stereocenters. The number of sulfonamides is 1. The molecule has 0 N–H and O–H groups in total. The highest BCUT2D eigenvalue weighted by molar-refractivity contribution is 7.92. The predicted octanol–water partition coefficient (Wildman–Crippen LogP) is 2.82. The van der Waals surface area contributed by atoms with E-state index in [1.54, 1.807) is 35.2 Å². The topological polar surface area (TPSA) is 84.0 Å². The summed E-state index contributed by atoms with van der Waals surface area (Å²) in [6.07, 6.45) is 2.14. The molecule has 0 aliphatic carbocycles. The van der Waals surface area contributed by atoms with Gasteiger partial charge in [-0.15, -0.1) is 0 Å². The summed E-state index contributed by atoms with van der Waals surface area (Å²) in [5, 5.41) is 0. The van der Waals surface area contributed by atoms with E-state index in [-0.39, 0.29) is 30.0 Å². The molecule has 1 heterocycles. The van der Waals surface area contributed by atoms with Crippen molar-refractivity contribution in [2.45, 2.75) is 19.4 Å². The van der Waals surface area contributed by atoms with E-state index in [4.69, 9.17) is 4.74 Å². The van der Waals surface area contributed by atoms with Crippen LogP contribution in [-0.2, 0) is 26.1 Å². The molecule has 2 aromatic carbocycles. The normalized spacial score (nSPS) is 14.9. The van der Waals surface area contributed by atoms with Gasteiger partial charge in [0.2, 0.25) is 10.0 Å². The van der Waals surface area contributed by atoms with E-state index in [2.05, 4.69) is 0 Å². The average molecular weight is 449 g/mol. The van der Waals surface area contributed by atoms with Crippen molar-refractivity contribution < 1.29 is 27.1 Å². The van der Waals surface area contributed by atoms with Gasteiger partial charge in [-0.3, -0.25) is 13.9 Å². The molecule has 31 heavy (non-hydrogen) atoms. The van der Waals surface area contributed by atoms with Gasteiger partial charge < -0.3 is 9.64 Å². The molecule has 0 saturated carbocycles. The van der Waals surface area contributed by atoms with Gasteiger partial charge in [0, 0.05) is 18.7 Å². The third-order valence-corrected chi connectivity index (χ3v) is 6.49. The molecular formula is C22H25FN2O5S. The number of hydrogen-bond donors (Lipinski definition) is 0. The van der Waals surface area contributed by atoms with Gasteiger partial charge >= 0.3 is 5.97 Å². The van der Waals surface area contributed by atoms with Crippen LogP contribution in [0.3, 0.4) is 0 Å². The lowest BCUT2D eigenvalue weighted by molar-refractivity contribution is -0.146. The predicted molar refractivity (Wildman–Crippen MR) is 115 cm³/mol. The SMILES string of the molecule is COC(=O)C1CCN(C(=O)c2ccc(CN(c3ccccc3F)S(C)(=O)=O)cc2)CC1. The molecule has 166 valence electrons. The van der Waals surface area contributed by atoms with Crippen molar-refractivity contribution >= 4 is 27.6 Å². The number of ether oxygens (including phenoxy) is 1. The molecule has 0 atom stereocenters. The number of piperidine rings is 1. The van der Waals surface area contributed by atoms with Crippen molar-refractivity contribution in [1.82, 2.24) is 4.90 Å². The molecule has 1 fully saturated rings. The van der Waals surface area contributed by atoms with Crippen molar-refractivity contribution in [3.63, 3.8) is 0 Å². The van der Waals surface area contributed by atoms with E-state index in [0.717, 1.165) is 10.6 Å². The van der Waals surface area contributed by atoms with Gasteiger partial charge in [-0.2, -0.15) is 0 Å². The first kappa shape index (κ1) is 22.7. The van der Waals surface area contributed by atoms with Crippen LogP contribution in [0.25, 0.3) is 0 Å². The van der Waals surface area contributed by atoms with Crippen molar-refractivity contribution in [1.29, 1.82) is 0 Å². The highest BCUT2D eigenvalue weighted by atomic mass is 32.2. The molecule has 1 amide bonds. The second-order valence-electron chi connectivity index (χ2n) is 7.51. The van der Waals surface area contributed by atoms with Crippen LogP contribution >= 0.6 is 0 Å². The maximum atomic E-state index is 14.2. The Labute approximate surface area is 181 Å². The molecule has 2 aromatic rings. The number of methoxy groups -OCH3 is 1. The molecule has 0 bridgehead atoms. The van der Waals surface area contributed by atoms with E-state index in [9.17, 15) is 22.4 Å². The van der Waals surface area contributed by atoms with Crippen LogP contribution < -0.4 is 4.31 Å². The van der Waals surface area contributed by atoms with Gasteiger partial charge in [0.15, 0.2) is 0 Å². The smallest absolute Gasteiger partial charge is 0.308 e. The first-order chi connectivity index (χ1) is 14.7. The Kier molecular flexibility index (Phi) is 6.94. The van der Waals surface area contributed by atoms with Crippen molar-refractivity contribution in [3.8, 4) is 0 Å². The van der Waals surface area contributed by atoms with Crippen molar-refractivity contribution in [3.05, 3.63) is 65.5 Å². The van der Waals surface area contributed by atoms with E-state index in [0.29, 0.717) is 37.1 Å². The molecule has 7 nitrogen and oxygen atoms in total. The summed E-state index contributed by atoms with van der Waals surface area (Å²) in [6, 6.07) is 12.3. The summed E-state index contributed by atoms with van der Waals surface area (Å²) in [5.74, 6) is -1.21. The maximum Gasteiger partial charge on any atom is 0.308 e. The first-order valence-corrected chi connectivity index (χ1v) is 11.7. The lowest BCUT2D eigenvalue weighted by Crippen LogP contribution is -2.40. The summed E-state index contributed by atoms with van der Waals surface area (Å²) in [5.41, 5.74) is 1.06. The monoisotopic (exact) mass is 448 g/mol. The fourth-order valence-corrected chi connectivity index (χ4v) is 4.51. The number of halogens is 1. The highest BCUT2D eigenvalue weighted by Gasteiger charge is 2.28. The van der Waals surface area contributed by atoms with Crippen LogP contribution in [-0.4, -0.2) is 51.6 Å². The van der Waals surface area contributed by atoms with Gasteiger partial charge in [0.05, 0.1) is 31.5 Å². The highest BCUT2D eigenvalue weighted by Crippen LogP contribution is 2.24. The zero-order chi connectivity index (χ0) is 22.6. The molecule has 9 heteroatoms. The fourth-order valence-electron chi connectivity index (χ4n) is 3.62. The van der Waals surface area contributed by atoms with Crippen LogP contribution in [0.1, 0.15) is 28.8 Å². The molecule has 1 aliphatic rings. The Balaban J connectivity index is 1.70. The van der Waals surface area contributed by atoms with Crippen molar-refractivity contribution in [2.24, 2.45) is 5.92 Å². The number of anilines is 1. The Morgan fingerprint density at radius 1 is 1.10 bits per heavy atom. The first-order valence-electron chi connectivity index (χ1n) is 9.89. The number of carbonyl (C=O) groups is 2. The molecule has 3 rings (SSSR count). The van der Waals surface area contributed by atoms with Crippen LogP contribution in [0.5, 0.6) is 0 Å². The zero-order valence-electron chi connectivity index (χ0n) is 17.5. The van der Waals surface area contributed by atoms with E-state index < -0.39 is 15.8 Å². The van der Waals surface area contributed by atoms with Crippen LogP contribution in [0, 0.1) is 11.7 Å². The van der Waals surface area contributed by atoms with Gasteiger partial charge in [0.1, 0.15) is 5.82 Å². The number of likely N-dealkylation sites (tertiary alicyclic amines) is 1. The number of amides is 1. The number of carbonyl (C=O) groups excluding carboxylic acids is 2. The molecular weight excluding hydrogens is 423 g/mol. The second-order valence-corrected chi connectivity index (χ2v) is 9.41. The molecule has 1 aliphatic heterocycles. The quantitative estimate of drug-likeness (QED) is 0.635. The molecule has 1 saturated heterocycles. The van der Waals surface area contributed by atoms with Crippen LogP contribution in [0.15, 0.2) is 48.5 Å². The molecule has 0 radical (unpaired) electrons. The summed E-state index contributed by atoms with van der Waals surface area (Å²) < 4.78 is 44.4. The van der Waals surface area contributed by atoms with Crippen LogP contribution in [0.4, 0.5) is 10.1 Å². The number of esters is 1. The number of nitrogens with zero attached hydrogens (tertiary/aromatic N) is 2. The maximum absolute atomic E-state index is 14.2.